The number of carbonyl (C=O) groups is 2. The molecule has 1 aliphatic rings. The molecule has 6 nitrogen and oxygen atoms in total. The van der Waals surface area contributed by atoms with Gasteiger partial charge in [0.05, 0.1) is 11.7 Å². The van der Waals surface area contributed by atoms with Crippen molar-refractivity contribution in [1.82, 2.24) is 9.13 Å². The Morgan fingerprint density at radius 1 is 1.03 bits per heavy atom. The molecule has 174 valence electrons. The van der Waals surface area contributed by atoms with E-state index in [1.807, 2.05) is 31.4 Å². The second-order valence-electron chi connectivity index (χ2n) is 8.63. The Morgan fingerprint density at radius 2 is 1.73 bits per heavy atom. The van der Waals surface area contributed by atoms with Gasteiger partial charge >= 0.3 is 5.97 Å². The van der Waals surface area contributed by atoms with E-state index in [1.165, 1.54) is 12.1 Å². The van der Waals surface area contributed by atoms with Gasteiger partial charge in [0, 0.05) is 47.2 Å². The highest BCUT2D eigenvalue weighted by Gasteiger charge is 2.23. The number of ketones is 1. The highest BCUT2D eigenvalue weighted by molar-refractivity contribution is 6.00. The molecule has 0 bridgehead atoms. The minimum absolute atomic E-state index is 0.173. The predicted molar refractivity (Wildman–Crippen MR) is 123 cm³/mol. The second-order valence-corrected chi connectivity index (χ2v) is 8.63. The lowest BCUT2D eigenvalue weighted by Crippen LogP contribution is -2.18. The standard InChI is InChI=1S/C26H29FN2O4/c1-16-12-23(18(3)28(16)14-22-6-5-11-32-22)25(30)15-33-26(31)24-13-17(2)29(19(24)4)21-9-7-20(27)8-10-21/h7-10,12-13,22H,5-6,11,14-15H2,1-4H3/t22-/m0/s1. The van der Waals surface area contributed by atoms with E-state index >= 15 is 0 Å². The van der Waals surface area contributed by atoms with Crippen LogP contribution in [0.2, 0.25) is 0 Å². The van der Waals surface area contributed by atoms with Crippen molar-refractivity contribution in [3.05, 3.63) is 76.1 Å². The van der Waals surface area contributed by atoms with Crippen LogP contribution >= 0.6 is 0 Å². The van der Waals surface area contributed by atoms with Gasteiger partial charge in [-0.15, -0.1) is 0 Å². The zero-order valence-electron chi connectivity index (χ0n) is 19.5. The molecule has 7 heteroatoms. The highest BCUT2D eigenvalue weighted by Crippen LogP contribution is 2.23. The molecule has 1 saturated heterocycles. The molecule has 1 fully saturated rings. The normalized spacial score (nSPS) is 15.7. The van der Waals surface area contributed by atoms with Crippen LogP contribution in [0.5, 0.6) is 0 Å². The van der Waals surface area contributed by atoms with Gasteiger partial charge in [0.15, 0.2) is 6.61 Å². The molecular weight excluding hydrogens is 423 g/mol. The molecule has 2 aromatic heterocycles. The quantitative estimate of drug-likeness (QED) is 0.379. The summed E-state index contributed by atoms with van der Waals surface area (Å²) in [6.45, 7) is 8.72. The Kier molecular flexibility index (Phi) is 6.51. The first kappa shape index (κ1) is 23.0. The summed E-state index contributed by atoms with van der Waals surface area (Å²) >= 11 is 0. The Morgan fingerprint density at radius 3 is 2.39 bits per heavy atom. The topological polar surface area (TPSA) is 62.5 Å². The maximum atomic E-state index is 13.3. The van der Waals surface area contributed by atoms with Gasteiger partial charge in [0.2, 0.25) is 5.78 Å². The highest BCUT2D eigenvalue weighted by atomic mass is 19.1. The molecule has 0 amide bonds. The SMILES string of the molecule is Cc1cc(C(=O)COC(=O)c2cc(C)n(-c3ccc(F)cc3)c2C)c(C)n1C[C@@H]1CCCO1. The largest absolute Gasteiger partial charge is 0.454 e. The number of Topliss-reactive ketones (excluding diaryl/α,β-unsaturated/α-hetero) is 1. The van der Waals surface area contributed by atoms with Crippen molar-refractivity contribution in [1.29, 1.82) is 0 Å². The molecule has 0 N–H and O–H groups in total. The summed E-state index contributed by atoms with van der Waals surface area (Å²) in [6.07, 6.45) is 2.26. The molecule has 1 aromatic carbocycles. The number of rotatable bonds is 7. The van der Waals surface area contributed by atoms with Crippen LogP contribution < -0.4 is 0 Å². The van der Waals surface area contributed by atoms with Crippen molar-refractivity contribution >= 4 is 11.8 Å². The number of nitrogens with zero attached hydrogens (tertiary/aromatic N) is 2. The van der Waals surface area contributed by atoms with Crippen LogP contribution in [-0.4, -0.2) is 40.2 Å². The summed E-state index contributed by atoms with van der Waals surface area (Å²) in [5.41, 5.74) is 5.03. The molecule has 4 rings (SSSR count). The molecule has 0 unspecified atom stereocenters. The molecule has 0 saturated carbocycles. The van der Waals surface area contributed by atoms with E-state index in [0.29, 0.717) is 16.8 Å². The maximum absolute atomic E-state index is 13.3. The number of halogens is 1. The van der Waals surface area contributed by atoms with Crippen LogP contribution in [0.1, 0.15) is 56.3 Å². The second kappa shape index (κ2) is 9.35. The number of carbonyl (C=O) groups excluding carboxylic acids is 2. The third-order valence-electron chi connectivity index (χ3n) is 6.35. The Bertz CT molecular complexity index is 1180. The van der Waals surface area contributed by atoms with E-state index in [-0.39, 0.29) is 24.3 Å². The number of aromatic nitrogens is 2. The van der Waals surface area contributed by atoms with Crippen molar-refractivity contribution in [2.75, 3.05) is 13.2 Å². The van der Waals surface area contributed by atoms with Crippen LogP contribution in [-0.2, 0) is 16.0 Å². The smallest absolute Gasteiger partial charge is 0.340 e. The van der Waals surface area contributed by atoms with Crippen molar-refractivity contribution < 1.29 is 23.5 Å². The van der Waals surface area contributed by atoms with Crippen LogP contribution in [0.25, 0.3) is 5.69 Å². The molecule has 0 radical (unpaired) electrons. The maximum Gasteiger partial charge on any atom is 0.340 e. The van der Waals surface area contributed by atoms with E-state index in [1.54, 1.807) is 25.1 Å². The van der Waals surface area contributed by atoms with Gasteiger partial charge < -0.3 is 18.6 Å². The monoisotopic (exact) mass is 452 g/mol. The molecule has 33 heavy (non-hydrogen) atoms. The summed E-state index contributed by atoms with van der Waals surface area (Å²) in [5.74, 6) is -1.12. The van der Waals surface area contributed by atoms with Crippen LogP contribution in [0.4, 0.5) is 4.39 Å². The fraction of sp³-hybridized carbons (Fsp3) is 0.385. The molecule has 0 spiro atoms. The number of aryl methyl sites for hydroxylation is 2. The summed E-state index contributed by atoms with van der Waals surface area (Å²) in [6, 6.07) is 9.63. The first-order valence-electron chi connectivity index (χ1n) is 11.2. The summed E-state index contributed by atoms with van der Waals surface area (Å²) in [5, 5.41) is 0. The van der Waals surface area contributed by atoms with Gasteiger partial charge in [-0.1, -0.05) is 0 Å². The lowest BCUT2D eigenvalue weighted by atomic mass is 10.1. The van der Waals surface area contributed by atoms with Crippen molar-refractivity contribution in [3.8, 4) is 5.69 Å². The van der Waals surface area contributed by atoms with Crippen LogP contribution in [0, 0.1) is 33.5 Å². The van der Waals surface area contributed by atoms with Gasteiger partial charge in [-0.25, -0.2) is 9.18 Å². The van der Waals surface area contributed by atoms with E-state index in [2.05, 4.69) is 4.57 Å². The Labute approximate surface area is 192 Å². The van der Waals surface area contributed by atoms with E-state index in [9.17, 15) is 14.0 Å². The average Bonchev–Trinajstić information content (AvgIpc) is 3.48. The molecule has 3 aromatic rings. The molecule has 3 heterocycles. The predicted octanol–water partition coefficient (Wildman–Crippen LogP) is 4.87. The van der Waals surface area contributed by atoms with E-state index in [4.69, 9.17) is 9.47 Å². The van der Waals surface area contributed by atoms with E-state index in [0.717, 1.165) is 48.8 Å². The number of esters is 1. The minimum atomic E-state index is -0.557. The molecule has 1 atom stereocenters. The first-order valence-corrected chi connectivity index (χ1v) is 11.2. The van der Waals surface area contributed by atoms with Gasteiger partial charge in [-0.05, 0) is 76.9 Å². The zero-order valence-corrected chi connectivity index (χ0v) is 19.5. The third-order valence-corrected chi connectivity index (χ3v) is 6.35. The molecule has 0 aliphatic carbocycles. The Hall–Kier alpha value is -3.19. The summed E-state index contributed by atoms with van der Waals surface area (Å²) < 4.78 is 28.4. The lowest BCUT2D eigenvalue weighted by molar-refractivity contribution is 0.0473. The summed E-state index contributed by atoms with van der Waals surface area (Å²) in [4.78, 5) is 25.6. The van der Waals surface area contributed by atoms with Gasteiger partial charge in [0.25, 0.3) is 0 Å². The van der Waals surface area contributed by atoms with Crippen molar-refractivity contribution in [2.45, 2.75) is 53.2 Å². The number of hydrogen-bond donors (Lipinski definition) is 0. The third kappa shape index (κ3) is 4.64. The fourth-order valence-electron chi connectivity index (χ4n) is 4.60. The Balaban J connectivity index is 1.46. The lowest BCUT2D eigenvalue weighted by Gasteiger charge is -2.14. The number of benzene rings is 1. The van der Waals surface area contributed by atoms with E-state index < -0.39 is 5.97 Å². The van der Waals surface area contributed by atoms with Crippen LogP contribution in [0.3, 0.4) is 0 Å². The van der Waals surface area contributed by atoms with Crippen molar-refractivity contribution in [2.24, 2.45) is 0 Å². The van der Waals surface area contributed by atoms with Gasteiger partial charge in [-0.3, -0.25) is 4.79 Å². The molecule has 1 aliphatic heterocycles. The number of hydrogen-bond acceptors (Lipinski definition) is 4. The average molecular weight is 453 g/mol. The first-order chi connectivity index (χ1) is 15.8. The number of ether oxygens (including phenoxy) is 2. The zero-order chi connectivity index (χ0) is 23.7. The summed E-state index contributed by atoms with van der Waals surface area (Å²) in [7, 11) is 0. The fourth-order valence-corrected chi connectivity index (χ4v) is 4.60. The van der Waals surface area contributed by atoms with Gasteiger partial charge in [-0.2, -0.15) is 0 Å². The van der Waals surface area contributed by atoms with Crippen LogP contribution in [0.15, 0.2) is 36.4 Å². The minimum Gasteiger partial charge on any atom is -0.454 e. The molecular formula is C26H29FN2O4. The van der Waals surface area contributed by atoms with Crippen molar-refractivity contribution in [3.63, 3.8) is 0 Å². The van der Waals surface area contributed by atoms with Gasteiger partial charge in [0.1, 0.15) is 5.82 Å².